The number of hydrogen-bond donors (Lipinski definition) is 0. The van der Waals surface area contributed by atoms with E-state index in [2.05, 4.69) is 4.90 Å². The molecule has 3 atom stereocenters. The van der Waals surface area contributed by atoms with Crippen LogP contribution in [-0.2, 0) is 14.6 Å². The van der Waals surface area contributed by atoms with Crippen LogP contribution in [0.15, 0.2) is 0 Å². The largest absolute Gasteiger partial charge is 0.339 e. The fourth-order valence-corrected chi connectivity index (χ4v) is 8.78. The van der Waals surface area contributed by atoms with E-state index >= 15 is 0 Å². The summed E-state index contributed by atoms with van der Waals surface area (Å²) in [5, 5.41) is 0.133. The topological polar surface area (TPSA) is 54.5 Å². The molecule has 3 heterocycles. The third-order valence-corrected chi connectivity index (χ3v) is 9.33. The van der Waals surface area contributed by atoms with E-state index < -0.39 is 9.84 Å². The summed E-state index contributed by atoms with van der Waals surface area (Å²) in [4.78, 5) is 14.9. The van der Waals surface area contributed by atoms with E-state index in [1.807, 2.05) is 0 Å². The Kier molecular flexibility index (Phi) is 3.96. The minimum absolute atomic E-state index is 0.133. The van der Waals surface area contributed by atoms with Gasteiger partial charge in [0, 0.05) is 17.8 Å². The molecule has 5 rings (SSSR count). The molecule has 22 heavy (non-hydrogen) atoms. The van der Waals surface area contributed by atoms with Crippen LogP contribution in [0.3, 0.4) is 0 Å². The van der Waals surface area contributed by atoms with Gasteiger partial charge in [0.15, 0.2) is 9.84 Å². The molecule has 3 saturated heterocycles. The number of nitrogens with zero attached hydrogens (tertiary/aromatic N) is 1. The van der Waals surface area contributed by atoms with Crippen molar-refractivity contribution < 1.29 is 13.2 Å². The number of thioether (sulfide) groups is 1. The molecular formula is C16H25NO3S2. The molecule has 0 N–H and O–H groups in total. The Hall–Kier alpha value is -0.230. The van der Waals surface area contributed by atoms with Crippen LogP contribution in [0.5, 0.6) is 0 Å². The summed E-state index contributed by atoms with van der Waals surface area (Å²) in [6, 6.07) is 0.469. The van der Waals surface area contributed by atoms with Gasteiger partial charge in [0.2, 0.25) is 5.91 Å². The summed E-state index contributed by atoms with van der Waals surface area (Å²) >= 11 is 1.57. The standard InChI is InChI=1S/C16H25NO3S2/c18-16(9-21-15-1-2-22(19,20)10-15)17-8-13-4-11-3-12(5-13)7-14(17)6-11/h11-15H,1-10H2. The van der Waals surface area contributed by atoms with E-state index in [4.69, 9.17) is 0 Å². The van der Waals surface area contributed by atoms with Crippen molar-refractivity contribution in [3.05, 3.63) is 0 Å². The Labute approximate surface area is 137 Å². The van der Waals surface area contributed by atoms with Crippen molar-refractivity contribution >= 4 is 27.5 Å². The highest BCUT2D eigenvalue weighted by Crippen LogP contribution is 2.47. The normalized spacial score (nSPS) is 42.5. The lowest BCUT2D eigenvalue weighted by Gasteiger charge is -2.39. The van der Waals surface area contributed by atoms with Crippen LogP contribution < -0.4 is 0 Å². The second-order valence-corrected chi connectivity index (χ2v) is 11.3. The lowest BCUT2D eigenvalue weighted by molar-refractivity contribution is -0.131. The lowest BCUT2D eigenvalue weighted by Crippen LogP contribution is -2.43. The summed E-state index contributed by atoms with van der Waals surface area (Å²) in [7, 11) is -2.84. The van der Waals surface area contributed by atoms with E-state index in [0.29, 0.717) is 17.5 Å². The summed E-state index contributed by atoms with van der Waals surface area (Å²) < 4.78 is 23.0. The molecule has 0 aromatic heterocycles. The Morgan fingerprint density at radius 1 is 1.05 bits per heavy atom. The maximum Gasteiger partial charge on any atom is 0.232 e. The van der Waals surface area contributed by atoms with Gasteiger partial charge in [-0.15, -0.1) is 11.8 Å². The molecule has 3 unspecified atom stereocenters. The van der Waals surface area contributed by atoms with Gasteiger partial charge in [-0.3, -0.25) is 4.79 Å². The molecule has 3 aliphatic heterocycles. The predicted molar refractivity (Wildman–Crippen MR) is 88.6 cm³/mol. The van der Waals surface area contributed by atoms with Gasteiger partial charge in [0.1, 0.15) is 0 Å². The van der Waals surface area contributed by atoms with Crippen molar-refractivity contribution in [2.75, 3.05) is 23.8 Å². The van der Waals surface area contributed by atoms with Crippen molar-refractivity contribution in [1.29, 1.82) is 0 Å². The number of rotatable bonds is 3. The van der Waals surface area contributed by atoms with Gasteiger partial charge in [-0.25, -0.2) is 8.42 Å². The van der Waals surface area contributed by atoms with E-state index in [-0.39, 0.29) is 16.9 Å². The SMILES string of the molecule is O=C(CSC1CCS(=O)(=O)C1)N1CC2CC3CC(C2)CC1C3. The number of hydrogen-bond acceptors (Lipinski definition) is 4. The highest BCUT2D eigenvalue weighted by atomic mass is 32.2. The molecule has 5 fully saturated rings. The molecule has 4 nitrogen and oxygen atoms in total. The molecule has 2 aliphatic carbocycles. The van der Waals surface area contributed by atoms with E-state index in [1.54, 1.807) is 11.8 Å². The molecule has 5 aliphatic rings. The van der Waals surface area contributed by atoms with E-state index in [0.717, 1.165) is 30.7 Å². The first-order chi connectivity index (χ1) is 10.5. The molecule has 0 aromatic carbocycles. The second kappa shape index (κ2) is 5.69. The Morgan fingerprint density at radius 3 is 2.36 bits per heavy atom. The van der Waals surface area contributed by atoms with Gasteiger partial charge < -0.3 is 4.90 Å². The summed E-state index contributed by atoms with van der Waals surface area (Å²) in [6.45, 7) is 0.958. The first-order valence-electron chi connectivity index (χ1n) is 8.60. The monoisotopic (exact) mass is 343 g/mol. The molecule has 2 saturated carbocycles. The fraction of sp³-hybridized carbons (Fsp3) is 0.938. The van der Waals surface area contributed by atoms with E-state index in [9.17, 15) is 13.2 Å². The number of sulfone groups is 1. The molecule has 0 spiro atoms. The molecule has 124 valence electrons. The minimum Gasteiger partial charge on any atom is -0.339 e. The maximum atomic E-state index is 12.7. The van der Waals surface area contributed by atoms with Crippen LogP contribution in [-0.4, -0.2) is 54.3 Å². The quantitative estimate of drug-likeness (QED) is 0.786. The highest BCUT2D eigenvalue weighted by Gasteiger charge is 2.44. The van der Waals surface area contributed by atoms with Crippen LogP contribution in [0, 0.1) is 17.8 Å². The second-order valence-electron chi connectivity index (χ2n) is 7.81. The smallest absolute Gasteiger partial charge is 0.232 e. The Morgan fingerprint density at radius 2 is 1.73 bits per heavy atom. The zero-order chi connectivity index (χ0) is 15.3. The van der Waals surface area contributed by atoms with Gasteiger partial charge >= 0.3 is 0 Å². The first kappa shape index (κ1) is 15.3. The molecular weight excluding hydrogens is 318 g/mol. The zero-order valence-corrected chi connectivity index (χ0v) is 14.6. The maximum absolute atomic E-state index is 12.7. The van der Waals surface area contributed by atoms with Crippen molar-refractivity contribution in [2.45, 2.75) is 49.8 Å². The van der Waals surface area contributed by atoms with Crippen LogP contribution in [0.25, 0.3) is 0 Å². The Bertz CT molecular complexity index is 548. The average molecular weight is 344 g/mol. The molecule has 0 aromatic rings. The van der Waals surface area contributed by atoms with Gasteiger partial charge in [-0.2, -0.15) is 0 Å². The Balaban J connectivity index is 1.36. The first-order valence-corrected chi connectivity index (χ1v) is 11.5. The van der Waals surface area contributed by atoms with Crippen LogP contribution in [0.4, 0.5) is 0 Å². The van der Waals surface area contributed by atoms with Crippen molar-refractivity contribution in [1.82, 2.24) is 4.90 Å². The summed E-state index contributed by atoms with van der Waals surface area (Å²) in [6.07, 6.45) is 7.18. The van der Waals surface area contributed by atoms with Gasteiger partial charge in [-0.1, -0.05) is 0 Å². The van der Waals surface area contributed by atoms with Crippen LogP contribution >= 0.6 is 11.8 Å². The summed E-state index contributed by atoms with van der Waals surface area (Å²) in [5.74, 6) is 3.72. The van der Waals surface area contributed by atoms with Gasteiger partial charge in [0.05, 0.1) is 17.3 Å². The van der Waals surface area contributed by atoms with Crippen LogP contribution in [0.2, 0.25) is 0 Å². The minimum atomic E-state index is -2.84. The van der Waals surface area contributed by atoms with Crippen LogP contribution in [0.1, 0.15) is 38.5 Å². The van der Waals surface area contributed by atoms with Gasteiger partial charge in [0.25, 0.3) is 0 Å². The number of carbonyl (C=O) groups is 1. The third kappa shape index (κ3) is 3.05. The van der Waals surface area contributed by atoms with Crippen molar-refractivity contribution in [3.63, 3.8) is 0 Å². The predicted octanol–water partition coefficient (Wildman–Crippen LogP) is 1.94. The lowest BCUT2D eigenvalue weighted by atomic mass is 9.68. The fourth-order valence-electron chi connectivity index (χ4n) is 5.25. The van der Waals surface area contributed by atoms with E-state index in [1.165, 1.54) is 32.1 Å². The van der Waals surface area contributed by atoms with Crippen molar-refractivity contribution in [3.8, 4) is 0 Å². The zero-order valence-electron chi connectivity index (χ0n) is 12.9. The third-order valence-electron chi connectivity index (χ3n) is 6.06. The molecule has 0 radical (unpaired) electrons. The average Bonchev–Trinajstić information content (AvgIpc) is 2.68. The molecule has 4 bridgehead atoms. The molecule has 6 heteroatoms. The highest BCUT2D eigenvalue weighted by molar-refractivity contribution is 8.02. The summed E-state index contributed by atoms with van der Waals surface area (Å²) in [5.41, 5.74) is 0. The number of carbonyl (C=O) groups excluding carboxylic acids is 1. The molecule has 1 amide bonds. The number of amides is 1. The van der Waals surface area contributed by atoms with Crippen molar-refractivity contribution in [2.24, 2.45) is 17.8 Å². The number of fused-ring (bicyclic) bond motifs is 1. The van der Waals surface area contributed by atoms with Gasteiger partial charge in [-0.05, 0) is 56.3 Å².